The molecule has 1 aromatic carbocycles. The molecule has 2 aromatic rings. The number of hydrogen-bond acceptors (Lipinski definition) is 3. The van der Waals surface area contributed by atoms with Crippen LogP contribution in [-0.4, -0.2) is 17.4 Å². The zero-order valence-electron chi connectivity index (χ0n) is 11.5. The number of anilines is 2. The first kappa shape index (κ1) is 15.8. The van der Waals surface area contributed by atoms with Gasteiger partial charge >= 0.3 is 0 Å². The van der Waals surface area contributed by atoms with E-state index in [-0.39, 0.29) is 5.91 Å². The number of nitrogens with zero attached hydrogens (tertiary/aromatic N) is 1. The molecule has 0 radical (unpaired) electrons. The number of benzene rings is 1. The largest absolute Gasteiger partial charge is 0.370 e. The maximum Gasteiger partial charge on any atom is 0.257 e. The van der Waals surface area contributed by atoms with Crippen LogP contribution in [0.2, 0.25) is 5.02 Å². The SMILES string of the molecule is CCCNc1cc(C(=O)Nc2ccccc2Br)c(Cl)cn1. The molecule has 2 N–H and O–H groups in total. The fraction of sp³-hybridized carbons (Fsp3) is 0.200. The molecule has 4 nitrogen and oxygen atoms in total. The zero-order chi connectivity index (χ0) is 15.2. The van der Waals surface area contributed by atoms with Crippen LogP contribution in [-0.2, 0) is 0 Å². The Morgan fingerprint density at radius 2 is 2.14 bits per heavy atom. The molecule has 0 bridgehead atoms. The summed E-state index contributed by atoms with van der Waals surface area (Å²) in [6.45, 7) is 2.85. The fourth-order valence-corrected chi connectivity index (χ4v) is 2.29. The molecule has 1 heterocycles. The Morgan fingerprint density at radius 3 is 2.86 bits per heavy atom. The van der Waals surface area contributed by atoms with Gasteiger partial charge in [-0.2, -0.15) is 0 Å². The van der Waals surface area contributed by atoms with E-state index in [4.69, 9.17) is 11.6 Å². The molecule has 2 rings (SSSR count). The summed E-state index contributed by atoms with van der Waals surface area (Å²) in [6, 6.07) is 9.06. The summed E-state index contributed by atoms with van der Waals surface area (Å²) in [5.41, 5.74) is 1.08. The van der Waals surface area contributed by atoms with Gasteiger partial charge in [-0.3, -0.25) is 4.79 Å². The second-order valence-corrected chi connectivity index (χ2v) is 5.67. The molecule has 110 valence electrons. The van der Waals surface area contributed by atoms with Crippen molar-refractivity contribution in [2.24, 2.45) is 0 Å². The second kappa shape index (κ2) is 7.43. The highest BCUT2D eigenvalue weighted by Gasteiger charge is 2.13. The van der Waals surface area contributed by atoms with Crippen LogP contribution >= 0.6 is 27.5 Å². The summed E-state index contributed by atoms with van der Waals surface area (Å²) < 4.78 is 0.813. The summed E-state index contributed by atoms with van der Waals surface area (Å²) in [4.78, 5) is 16.5. The van der Waals surface area contributed by atoms with Gasteiger partial charge in [-0.05, 0) is 40.5 Å². The van der Waals surface area contributed by atoms with Gasteiger partial charge in [-0.15, -0.1) is 0 Å². The van der Waals surface area contributed by atoms with E-state index in [0.717, 1.165) is 17.4 Å². The van der Waals surface area contributed by atoms with Gasteiger partial charge in [0.2, 0.25) is 0 Å². The number of carbonyl (C=O) groups is 1. The van der Waals surface area contributed by atoms with Gasteiger partial charge in [0.25, 0.3) is 5.91 Å². The Morgan fingerprint density at radius 1 is 1.38 bits per heavy atom. The third-order valence-corrected chi connectivity index (χ3v) is 3.77. The lowest BCUT2D eigenvalue weighted by molar-refractivity contribution is 0.102. The highest BCUT2D eigenvalue weighted by atomic mass is 79.9. The number of halogens is 2. The van der Waals surface area contributed by atoms with Crippen molar-refractivity contribution in [3.8, 4) is 0 Å². The minimum atomic E-state index is -0.270. The molecule has 0 saturated carbocycles. The molecule has 6 heteroatoms. The number of rotatable bonds is 5. The van der Waals surface area contributed by atoms with Gasteiger partial charge in [0.15, 0.2) is 0 Å². The number of aromatic nitrogens is 1. The molecule has 0 aliphatic heterocycles. The van der Waals surface area contributed by atoms with Crippen LogP contribution in [0.5, 0.6) is 0 Å². The van der Waals surface area contributed by atoms with Gasteiger partial charge in [0.1, 0.15) is 5.82 Å². The summed E-state index contributed by atoms with van der Waals surface area (Å²) in [5.74, 6) is 0.368. The van der Waals surface area contributed by atoms with Crippen LogP contribution in [0.15, 0.2) is 41.0 Å². The van der Waals surface area contributed by atoms with E-state index < -0.39 is 0 Å². The molecule has 0 spiro atoms. The number of para-hydroxylation sites is 1. The lowest BCUT2D eigenvalue weighted by Crippen LogP contribution is -2.14. The summed E-state index contributed by atoms with van der Waals surface area (Å²) in [6.07, 6.45) is 2.46. The molecule has 1 aromatic heterocycles. The minimum Gasteiger partial charge on any atom is -0.370 e. The van der Waals surface area contributed by atoms with E-state index in [1.807, 2.05) is 24.3 Å². The Labute approximate surface area is 137 Å². The van der Waals surface area contributed by atoms with Crippen LogP contribution in [0.25, 0.3) is 0 Å². The van der Waals surface area contributed by atoms with Crippen LogP contribution in [0.3, 0.4) is 0 Å². The lowest BCUT2D eigenvalue weighted by atomic mass is 10.2. The minimum absolute atomic E-state index is 0.270. The van der Waals surface area contributed by atoms with Crippen molar-refractivity contribution in [1.82, 2.24) is 4.98 Å². The molecule has 0 fully saturated rings. The molecule has 0 atom stereocenters. The zero-order valence-corrected chi connectivity index (χ0v) is 13.8. The maximum atomic E-state index is 12.3. The van der Waals surface area contributed by atoms with E-state index in [9.17, 15) is 4.79 Å². The van der Waals surface area contributed by atoms with E-state index in [2.05, 4.69) is 38.5 Å². The van der Waals surface area contributed by atoms with Gasteiger partial charge < -0.3 is 10.6 Å². The van der Waals surface area contributed by atoms with Crippen molar-refractivity contribution in [2.45, 2.75) is 13.3 Å². The Bertz CT molecular complexity index is 649. The molecular weight excluding hydrogens is 354 g/mol. The summed E-state index contributed by atoms with van der Waals surface area (Å²) in [5, 5.41) is 6.28. The second-order valence-electron chi connectivity index (χ2n) is 4.41. The lowest BCUT2D eigenvalue weighted by Gasteiger charge is -2.10. The maximum absolute atomic E-state index is 12.3. The third-order valence-electron chi connectivity index (χ3n) is 2.78. The van der Waals surface area contributed by atoms with E-state index >= 15 is 0 Å². The number of carbonyl (C=O) groups excluding carboxylic acids is 1. The van der Waals surface area contributed by atoms with Gasteiger partial charge in [0.05, 0.1) is 16.3 Å². The van der Waals surface area contributed by atoms with Gasteiger partial charge in [-0.25, -0.2) is 4.98 Å². The fourth-order valence-electron chi connectivity index (χ4n) is 1.71. The smallest absolute Gasteiger partial charge is 0.257 e. The van der Waals surface area contributed by atoms with Crippen molar-refractivity contribution in [2.75, 3.05) is 17.2 Å². The van der Waals surface area contributed by atoms with Crippen molar-refractivity contribution >= 4 is 44.9 Å². The molecular formula is C15H15BrClN3O. The molecule has 0 saturated heterocycles. The Kier molecular flexibility index (Phi) is 5.59. The first-order valence-electron chi connectivity index (χ1n) is 6.57. The predicted octanol–water partition coefficient (Wildman–Crippen LogP) is 4.57. The van der Waals surface area contributed by atoms with E-state index in [1.165, 1.54) is 6.20 Å². The highest BCUT2D eigenvalue weighted by Crippen LogP contribution is 2.24. The summed E-state index contributed by atoms with van der Waals surface area (Å²) in [7, 11) is 0. The van der Waals surface area contributed by atoms with Crippen molar-refractivity contribution < 1.29 is 4.79 Å². The number of hydrogen-bond donors (Lipinski definition) is 2. The van der Waals surface area contributed by atoms with E-state index in [1.54, 1.807) is 6.07 Å². The molecule has 0 aliphatic rings. The van der Waals surface area contributed by atoms with Crippen LogP contribution in [0, 0.1) is 0 Å². The van der Waals surface area contributed by atoms with Crippen LogP contribution in [0.1, 0.15) is 23.7 Å². The molecule has 1 amide bonds. The summed E-state index contributed by atoms with van der Waals surface area (Å²) >= 11 is 9.46. The monoisotopic (exact) mass is 367 g/mol. The van der Waals surface area contributed by atoms with Crippen LogP contribution in [0.4, 0.5) is 11.5 Å². The van der Waals surface area contributed by atoms with Crippen molar-refractivity contribution in [3.63, 3.8) is 0 Å². The normalized spacial score (nSPS) is 10.2. The first-order chi connectivity index (χ1) is 10.1. The highest BCUT2D eigenvalue weighted by molar-refractivity contribution is 9.10. The standard InChI is InChI=1S/C15H15BrClN3O/c1-2-7-18-14-8-10(12(17)9-19-14)15(21)20-13-6-4-3-5-11(13)16/h3-6,8-9H,2,7H2,1H3,(H,18,19)(H,20,21). The van der Waals surface area contributed by atoms with Gasteiger partial charge in [-0.1, -0.05) is 30.7 Å². The topological polar surface area (TPSA) is 54.0 Å². The number of amides is 1. The molecule has 21 heavy (non-hydrogen) atoms. The van der Waals surface area contributed by atoms with Crippen LogP contribution < -0.4 is 10.6 Å². The first-order valence-corrected chi connectivity index (χ1v) is 7.74. The Balaban J connectivity index is 2.20. The quantitative estimate of drug-likeness (QED) is 0.812. The van der Waals surface area contributed by atoms with E-state index in [0.29, 0.717) is 22.1 Å². The van der Waals surface area contributed by atoms with Crippen molar-refractivity contribution in [3.05, 3.63) is 51.6 Å². The predicted molar refractivity (Wildman–Crippen MR) is 90.1 cm³/mol. The Hall–Kier alpha value is -1.59. The average molecular weight is 369 g/mol. The third kappa shape index (κ3) is 4.19. The van der Waals surface area contributed by atoms with Crippen molar-refractivity contribution in [1.29, 1.82) is 0 Å². The molecule has 0 unspecified atom stereocenters. The number of pyridine rings is 1. The van der Waals surface area contributed by atoms with Gasteiger partial charge in [0, 0.05) is 17.2 Å². The average Bonchev–Trinajstić information content (AvgIpc) is 2.48. The molecule has 0 aliphatic carbocycles. The number of nitrogens with one attached hydrogen (secondary N) is 2.